The van der Waals surface area contributed by atoms with Crippen LogP contribution in [0.25, 0.3) is 0 Å². The van der Waals surface area contributed by atoms with Gasteiger partial charge in [-0.1, -0.05) is 24.4 Å². The monoisotopic (exact) mass is 307 g/mol. The Kier molecular flexibility index (Phi) is 4.38. The molecule has 2 atom stereocenters. The van der Waals surface area contributed by atoms with Crippen LogP contribution in [0, 0.1) is 12.3 Å². The molecule has 0 aliphatic heterocycles. The van der Waals surface area contributed by atoms with Crippen LogP contribution in [-0.4, -0.2) is 29.9 Å². The molecule has 0 aromatic carbocycles. The second kappa shape index (κ2) is 6.28. The largest absolute Gasteiger partial charge is 0.378 e. The van der Waals surface area contributed by atoms with Crippen molar-refractivity contribution < 1.29 is 14.1 Å². The third-order valence-electron chi connectivity index (χ3n) is 5.11. The van der Waals surface area contributed by atoms with Crippen molar-refractivity contribution in [3.8, 4) is 0 Å². The van der Waals surface area contributed by atoms with Crippen LogP contribution in [0.2, 0.25) is 0 Å². The van der Waals surface area contributed by atoms with Crippen LogP contribution in [-0.2, 0) is 4.74 Å². The van der Waals surface area contributed by atoms with Gasteiger partial charge in [0.15, 0.2) is 5.82 Å². The zero-order valence-corrected chi connectivity index (χ0v) is 13.4. The molecule has 6 nitrogen and oxygen atoms in total. The van der Waals surface area contributed by atoms with Gasteiger partial charge in [0.2, 0.25) is 0 Å². The van der Waals surface area contributed by atoms with Gasteiger partial charge in [-0.15, -0.1) is 0 Å². The third-order valence-corrected chi connectivity index (χ3v) is 5.11. The van der Waals surface area contributed by atoms with Gasteiger partial charge >= 0.3 is 6.03 Å². The number of amides is 2. The molecule has 2 amide bonds. The fraction of sp³-hybridized carbons (Fsp3) is 0.750. The summed E-state index contributed by atoms with van der Waals surface area (Å²) in [6.45, 7) is 4.58. The molecule has 122 valence electrons. The zero-order chi connectivity index (χ0) is 15.6. The van der Waals surface area contributed by atoms with Crippen molar-refractivity contribution in [2.24, 2.45) is 5.41 Å². The van der Waals surface area contributed by atoms with E-state index in [9.17, 15) is 4.79 Å². The lowest BCUT2D eigenvalue weighted by atomic mass is 9.55. The number of hydrogen-bond acceptors (Lipinski definition) is 4. The topological polar surface area (TPSA) is 76.4 Å². The number of rotatable bonds is 4. The van der Waals surface area contributed by atoms with Gasteiger partial charge in [-0.3, -0.25) is 5.32 Å². The number of carbonyl (C=O) groups is 1. The first kappa shape index (κ1) is 15.3. The molecule has 0 bridgehead atoms. The van der Waals surface area contributed by atoms with Crippen LogP contribution >= 0.6 is 0 Å². The summed E-state index contributed by atoms with van der Waals surface area (Å²) < 4.78 is 10.9. The summed E-state index contributed by atoms with van der Waals surface area (Å²) in [6, 6.07) is 1.69. The van der Waals surface area contributed by atoms with Crippen LogP contribution in [0.15, 0.2) is 10.6 Å². The molecule has 0 saturated heterocycles. The molecule has 3 rings (SSSR count). The Balaban J connectivity index is 1.60. The first-order valence-electron chi connectivity index (χ1n) is 8.26. The van der Waals surface area contributed by atoms with Crippen LogP contribution in [0.4, 0.5) is 10.6 Å². The Hall–Kier alpha value is -1.56. The fourth-order valence-electron chi connectivity index (χ4n) is 4.00. The highest BCUT2D eigenvalue weighted by Crippen LogP contribution is 2.53. The first-order valence-corrected chi connectivity index (χ1v) is 8.26. The van der Waals surface area contributed by atoms with E-state index in [0.29, 0.717) is 11.6 Å². The smallest absolute Gasteiger partial charge is 0.320 e. The van der Waals surface area contributed by atoms with Gasteiger partial charge in [-0.05, 0) is 33.1 Å². The van der Waals surface area contributed by atoms with E-state index in [4.69, 9.17) is 9.26 Å². The molecular formula is C16H25N3O3. The SMILES string of the molecule is CCO[C@@H]1C[C@@H](NC(=O)Nc2cc(C)on2)C12CCCCC2. The predicted molar refractivity (Wildman–Crippen MR) is 82.7 cm³/mol. The number of anilines is 1. The van der Waals surface area contributed by atoms with Crippen LogP contribution in [0.5, 0.6) is 0 Å². The van der Waals surface area contributed by atoms with E-state index in [-0.39, 0.29) is 23.6 Å². The molecule has 6 heteroatoms. The number of nitrogens with zero attached hydrogens (tertiary/aromatic N) is 1. The summed E-state index contributed by atoms with van der Waals surface area (Å²) in [7, 11) is 0. The van der Waals surface area contributed by atoms with E-state index >= 15 is 0 Å². The minimum atomic E-state index is -0.210. The van der Waals surface area contributed by atoms with E-state index in [1.54, 1.807) is 13.0 Å². The average molecular weight is 307 g/mol. The summed E-state index contributed by atoms with van der Waals surface area (Å²) >= 11 is 0. The maximum absolute atomic E-state index is 12.2. The summed E-state index contributed by atoms with van der Waals surface area (Å²) in [5.41, 5.74) is 0.130. The van der Waals surface area contributed by atoms with Gasteiger partial charge < -0.3 is 14.6 Å². The lowest BCUT2D eigenvalue weighted by Gasteiger charge is -2.57. The van der Waals surface area contributed by atoms with Crippen LogP contribution in [0.3, 0.4) is 0 Å². The molecule has 0 radical (unpaired) electrons. The number of urea groups is 1. The normalized spacial score (nSPS) is 26.5. The van der Waals surface area contributed by atoms with Crippen molar-refractivity contribution in [3.05, 3.63) is 11.8 Å². The Morgan fingerprint density at radius 2 is 2.23 bits per heavy atom. The number of aromatic nitrogens is 1. The lowest BCUT2D eigenvalue weighted by molar-refractivity contribution is -0.146. The maximum Gasteiger partial charge on any atom is 0.320 e. The molecule has 1 aromatic heterocycles. The number of carbonyl (C=O) groups excluding carboxylic acids is 1. The molecule has 2 N–H and O–H groups in total. The Bertz CT molecular complexity index is 522. The molecular weight excluding hydrogens is 282 g/mol. The molecule has 22 heavy (non-hydrogen) atoms. The lowest BCUT2D eigenvalue weighted by Crippen LogP contribution is -2.65. The molecule has 2 saturated carbocycles. The fourth-order valence-corrected chi connectivity index (χ4v) is 4.00. The van der Waals surface area contributed by atoms with E-state index in [0.717, 1.165) is 25.9 Å². The Morgan fingerprint density at radius 3 is 2.86 bits per heavy atom. The highest BCUT2D eigenvalue weighted by atomic mass is 16.5. The summed E-state index contributed by atoms with van der Waals surface area (Å²) in [6.07, 6.45) is 7.23. The van der Waals surface area contributed by atoms with Crippen LogP contribution in [0.1, 0.15) is 51.2 Å². The van der Waals surface area contributed by atoms with Crippen molar-refractivity contribution in [1.82, 2.24) is 10.5 Å². The molecule has 1 heterocycles. The van der Waals surface area contributed by atoms with E-state index < -0.39 is 0 Å². The number of aryl methyl sites for hydroxylation is 1. The molecule has 2 aliphatic carbocycles. The van der Waals surface area contributed by atoms with Crippen molar-refractivity contribution in [2.75, 3.05) is 11.9 Å². The Labute approximate surface area is 131 Å². The van der Waals surface area contributed by atoms with Gasteiger partial charge in [0.1, 0.15) is 5.76 Å². The second-order valence-electron chi connectivity index (χ2n) is 6.45. The molecule has 1 spiro atoms. The molecule has 1 aromatic rings. The van der Waals surface area contributed by atoms with Crippen molar-refractivity contribution in [3.63, 3.8) is 0 Å². The van der Waals surface area contributed by atoms with Crippen LogP contribution < -0.4 is 10.6 Å². The van der Waals surface area contributed by atoms with Crippen molar-refractivity contribution >= 4 is 11.8 Å². The van der Waals surface area contributed by atoms with Gasteiger partial charge in [0.05, 0.1) is 6.10 Å². The highest BCUT2D eigenvalue weighted by Gasteiger charge is 2.56. The first-order chi connectivity index (χ1) is 10.6. The van der Waals surface area contributed by atoms with E-state index in [1.807, 2.05) is 6.92 Å². The second-order valence-corrected chi connectivity index (χ2v) is 6.45. The van der Waals surface area contributed by atoms with E-state index in [2.05, 4.69) is 15.8 Å². The highest BCUT2D eigenvalue weighted by molar-refractivity contribution is 5.88. The van der Waals surface area contributed by atoms with Crippen molar-refractivity contribution in [1.29, 1.82) is 0 Å². The summed E-state index contributed by atoms with van der Waals surface area (Å²) in [5.74, 6) is 1.13. The summed E-state index contributed by atoms with van der Waals surface area (Å²) in [5, 5.41) is 9.63. The number of hydrogen-bond donors (Lipinski definition) is 2. The average Bonchev–Trinajstić information content (AvgIpc) is 2.92. The molecule has 0 unspecified atom stereocenters. The quantitative estimate of drug-likeness (QED) is 0.895. The minimum Gasteiger partial charge on any atom is -0.378 e. The molecule has 2 aliphatic rings. The van der Waals surface area contributed by atoms with Gasteiger partial charge in [-0.25, -0.2) is 4.79 Å². The number of ether oxygens (including phenoxy) is 1. The van der Waals surface area contributed by atoms with Gasteiger partial charge in [-0.2, -0.15) is 0 Å². The Morgan fingerprint density at radius 1 is 1.45 bits per heavy atom. The number of nitrogens with one attached hydrogen (secondary N) is 2. The van der Waals surface area contributed by atoms with Gasteiger partial charge in [0, 0.05) is 24.1 Å². The van der Waals surface area contributed by atoms with Gasteiger partial charge in [0.25, 0.3) is 0 Å². The maximum atomic E-state index is 12.2. The standard InChI is InChI=1S/C16H25N3O3/c1-3-21-13-10-12(16(13)7-5-4-6-8-16)17-15(20)18-14-9-11(2)22-19-14/h9,12-13H,3-8,10H2,1-2H3,(H2,17,18,19,20)/t12-,13-/m1/s1. The zero-order valence-electron chi connectivity index (χ0n) is 13.4. The minimum absolute atomic E-state index is 0.130. The predicted octanol–water partition coefficient (Wildman–Crippen LogP) is 3.23. The van der Waals surface area contributed by atoms with Crippen molar-refractivity contribution in [2.45, 2.75) is 64.5 Å². The molecule has 2 fully saturated rings. The summed E-state index contributed by atoms with van der Waals surface area (Å²) in [4.78, 5) is 12.2. The van der Waals surface area contributed by atoms with E-state index in [1.165, 1.54) is 19.3 Å². The third kappa shape index (κ3) is 2.84.